The van der Waals surface area contributed by atoms with E-state index in [1.807, 2.05) is 0 Å². The summed E-state index contributed by atoms with van der Waals surface area (Å²) in [6.07, 6.45) is 2.48. The zero-order chi connectivity index (χ0) is 12.0. The molecule has 3 nitrogen and oxygen atoms in total. The molecule has 0 aromatic heterocycles. The number of rotatable bonds is 4. The van der Waals surface area contributed by atoms with Crippen molar-refractivity contribution in [3.63, 3.8) is 0 Å². The molecule has 0 aliphatic heterocycles. The highest BCUT2D eigenvalue weighted by Gasteiger charge is 2.04. The predicted molar refractivity (Wildman–Crippen MR) is 58.0 cm³/mol. The Morgan fingerprint density at radius 3 is 2.94 bits per heavy atom. The molecular weight excluding hydrogens is 211 g/mol. The molecule has 0 heterocycles. The molecule has 0 spiro atoms. The van der Waals surface area contributed by atoms with Crippen molar-refractivity contribution in [1.82, 2.24) is 0 Å². The first-order valence-corrected chi connectivity index (χ1v) is 4.92. The van der Waals surface area contributed by atoms with Crippen molar-refractivity contribution in [3.05, 3.63) is 41.2 Å². The average Bonchev–Trinajstić information content (AvgIpc) is 2.28. The lowest BCUT2D eigenvalue weighted by atomic mass is 10.1. The minimum Gasteiger partial charge on any atom is -0.463 e. The molecule has 0 radical (unpaired) electrons. The zero-order valence-corrected chi connectivity index (χ0v) is 8.94. The second kappa shape index (κ2) is 6.02. The van der Waals surface area contributed by atoms with Crippen LogP contribution < -0.4 is 0 Å². The highest BCUT2D eigenvalue weighted by Crippen LogP contribution is 2.14. The topological polar surface area (TPSA) is 46.5 Å². The van der Waals surface area contributed by atoms with Crippen molar-refractivity contribution < 1.29 is 19.0 Å². The van der Waals surface area contributed by atoms with Gasteiger partial charge in [0.25, 0.3) is 0 Å². The molecular formula is C12H13FO3. The first kappa shape index (κ1) is 12.4. The van der Waals surface area contributed by atoms with Gasteiger partial charge in [0.05, 0.1) is 13.2 Å². The molecule has 0 aliphatic rings. The van der Waals surface area contributed by atoms with Gasteiger partial charge in [0.15, 0.2) is 0 Å². The van der Waals surface area contributed by atoms with E-state index in [-0.39, 0.29) is 24.3 Å². The fourth-order valence-corrected chi connectivity index (χ4v) is 1.20. The maximum atomic E-state index is 13.5. The molecule has 4 heteroatoms. The molecule has 0 unspecified atom stereocenters. The van der Waals surface area contributed by atoms with Crippen LogP contribution >= 0.6 is 0 Å². The zero-order valence-electron chi connectivity index (χ0n) is 8.94. The number of ether oxygens (including phenoxy) is 1. The number of esters is 1. The highest BCUT2D eigenvalue weighted by atomic mass is 19.1. The number of hydrogen-bond acceptors (Lipinski definition) is 3. The number of halogens is 1. The fraction of sp³-hybridized carbons (Fsp3) is 0.250. The van der Waals surface area contributed by atoms with Gasteiger partial charge in [-0.25, -0.2) is 9.18 Å². The van der Waals surface area contributed by atoms with Gasteiger partial charge in [0.1, 0.15) is 5.82 Å². The van der Waals surface area contributed by atoms with E-state index in [0.717, 1.165) is 6.08 Å². The maximum absolute atomic E-state index is 13.5. The van der Waals surface area contributed by atoms with Gasteiger partial charge in [-0.05, 0) is 13.0 Å². The number of benzene rings is 1. The molecule has 1 rings (SSSR count). The number of aliphatic hydroxyl groups excluding tert-OH is 1. The second-order valence-corrected chi connectivity index (χ2v) is 3.06. The van der Waals surface area contributed by atoms with Crippen LogP contribution in [0, 0.1) is 5.82 Å². The summed E-state index contributed by atoms with van der Waals surface area (Å²) in [6, 6.07) is 4.61. The summed E-state index contributed by atoms with van der Waals surface area (Å²) in [4.78, 5) is 11.0. The Labute approximate surface area is 93.2 Å². The Kier molecular flexibility index (Phi) is 4.66. The summed E-state index contributed by atoms with van der Waals surface area (Å²) < 4.78 is 18.2. The summed E-state index contributed by atoms with van der Waals surface area (Å²) in [5.74, 6) is -1.04. The van der Waals surface area contributed by atoms with E-state index in [1.54, 1.807) is 13.0 Å². The van der Waals surface area contributed by atoms with E-state index >= 15 is 0 Å². The van der Waals surface area contributed by atoms with Crippen molar-refractivity contribution in [2.24, 2.45) is 0 Å². The van der Waals surface area contributed by atoms with Gasteiger partial charge in [-0.1, -0.05) is 18.2 Å². The number of carbonyl (C=O) groups is 1. The van der Waals surface area contributed by atoms with E-state index in [4.69, 9.17) is 5.11 Å². The molecule has 0 amide bonds. The van der Waals surface area contributed by atoms with Crippen LogP contribution in [-0.2, 0) is 16.1 Å². The molecule has 0 aliphatic carbocycles. The average molecular weight is 224 g/mol. The molecule has 0 atom stereocenters. The van der Waals surface area contributed by atoms with Gasteiger partial charge in [-0.3, -0.25) is 0 Å². The molecule has 0 saturated heterocycles. The Hall–Kier alpha value is -1.68. The van der Waals surface area contributed by atoms with Gasteiger partial charge >= 0.3 is 5.97 Å². The third kappa shape index (κ3) is 3.17. The summed E-state index contributed by atoms with van der Waals surface area (Å²) >= 11 is 0. The van der Waals surface area contributed by atoms with E-state index in [0.29, 0.717) is 0 Å². The lowest BCUT2D eigenvalue weighted by molar-refractivity contribution is -0.137. The quantitative estimate of drug-likeness (QED) is 0.627. The Bertz CT molecular complexity index is 399. The number of carbonyl (C=O) groups excluding carboxylic acids is 1. The highest BCUT2D eigenvalue weighted by molar-refractivity contribution is 5.87. The van der Waals surface area contributed by atoms with Crippen LogP contribution in [0.1, 0.15) is 18.1 Å². The van der Waals surface area contributed by atoms with Crippen LogP contribution in [0.15, 0.2) is 24.3 Å². The van der Waals surface area contributed by atoms with Crippen molar-refractivity contribution in [1.29, 1.82) is 0 Å². The lowest BCUT2D eigenvalue weighted by Crippen LogP contribution is -1.99. The molecule has 16 heavy (non-hydrogen) atoms. The molecule has 0 fully saturated rings. The maximum Gasteiger partial charge on any atom is 0.330 e. The van der Waals surface area contributed by atoms with Gasteiger partial charge < -0.3 is 9.84 Å². The van der Waals surface area contributed by atoms with Crippen LogP contribution in [0.25, 0.3) is 6.08 Å². The standard InChI is InChI=1S/C12H13FO3/c1-2-16-11(15)7-6-9-4-3-5-10(8-14)12(9)13/h3-7,14H,2,8H2,1H3. The molecule has 1 aromatic carbocycles. The van der Waals surface area contributed by atoms with Crippen LogP contribution in [0.3, 0.4) is 0 Å². The SMILES string of the molecule is CCOC(=O)C=Cc1cccc(CO)c1F. The van der Waals surface area contributed by atoms with E-state index in [9.17, 15) is 9.18 Å². The van der Waals surface area contributed by atoms with E-state index in [2.05, 4.69) is 4.74 Å². The van der Waals surface area contributed by atoms with Crippen molar-refractivity contribution in [2.75, 3.05) is 6.61 Å². The third-order valence-electron chi connectivity index (χ3n) is 1.96. The summed E-state index contributed by atoms with van der Waals surface area (Å²) in [7, 11) is 0. The summed E-state index contributed by atoms with van der Waals surface area (Å²) in [5.41, 5.74) is 0.450. The van der Waals surface area contributed by atoms with Gasteiger partial charge in [0, 0.05) is 17.2 Å². The Balaban J connectivity index is 2.85. The molecule has 1 N–H and O–H groups in total. The first-order chi connectivity index (χ1) is 7.69. The molecule has 0 bridgehead atoms. The van der Waals surface area contributed by atoms with Crippen molar-refractivity contribution in [2.45, 2.75) is 13.5 Å². The Morgan fingerprint density at radius 1 is 1.56 bits per heavy atom. The summed E-state index contributed by atoms with van der Waals surface area (Å²) in [5, 5.41) is 8.85. The number of aliphatic hydroxyl groups is 1. The smallest absolute Gasteiger partial charge is 0.330 e. The normalized spacial score (nSPS) is 10.7. The molecule has 0 saturated carbocycles. The van der Waals surface area contributed by atoms with Crippen LogP contribution in [0.4, 0.5) is 4.39 Å². The monoisotopic (exact) mass is 224 g/mol. The van der Waals surface area contributed by atoms with Crippen molar-refractivity contribution in [3.8, 4) is 0 Å². The van der Waals surface area contributed by atoms with Gasteiger partial charge in [0.2, 0.25) is 0 Å². The van der Waals surface area contributed by atoms with Gasteiger partial charge in [-0.2, -0.15) is 0 Å². The number of hydrogen-bond donors (Lipinski definition) is 1. The third-order valence-corrected chi connectivity index (χ3v) is 1.96. The van der Waals surface area contributed by atoms with Crippen LogP contribution in [0.2, 0.25) is 0 Å². The van der Waals surface area contributed by atoms with E-state index in [1.165, 1.54) is 18.2 Å². The Morgan fingerprint density at radius 2 is 2.31 bits per heavy atom. The van der Waals surface area contributed by atoms with Gasteiger partial charge in [-0.15, -0.1) is 0 Å². The first-order valence-electron chi connectivity index (χ1n) is 4.92. The minimum absolute atomic E-state index is 0.200. The lowest BCUT2D eigenvalue weighted by Gasteiger charge is -2.02. The second-order valence-electron chi connectivity index (χ2n) is 3.06. The molecule has 1 aromatic rings. The summed E-state index contributed by atoms with van der Waals surface area (Å²) in [6.45, 7) is 1.61. The molecule has 86 valence electrons. The largest absolute Gasteiger partial charge is 0.463 e. The van der Waals surface area contributed by atoms with Crippen LogP contribution in [0.5, 0.6) is 0 Å². The van der Waals surface area contributed by atoms with Crippen LogP contribution in [-0.4, -0.2) is 17.7 Å². The fourth-order valence-electron chi connectivity index (χ4n) is 1.20. The predicted octanol–water partition coefficient (Wildman–Crippen LogP) is 1.89. The van der Waals surface area contributed by atoms with Crippen molar-refractivity contribution >= 4 is 12.0 Å². The minimum atomic E-state index is -0.523. The van der Waals surface area contributed by atoms with E-state index < -0.39 is 11.8 Å².